The van der Waals surface area contributed by atoms with E-state index in [-0.39, 0.29) is 11.9 Å². The Morgan fingerprint density at radius 2 is 1.96 bits per heavy atom. The van der Waals surface area contributed by atoms with E-state index < -0.39 is 0 Å². The van der Waals surface area contributed by atoms with Crippen molar-refractivity contribution < 1.29 is 9.21 Å². The fourth-order valence-electron chi connectivity index (χ4n) is 3.12. The summed E-state index contributed by atoms with van der Waals surface area (Å²) in [5, 5.41) is 3.13. The van der Waals surface area contributed by atoms with Crippen molar-refractivity contribution in [2.45, 2.75) is 45.6 Å². The van der Waals surface area contributed by atoms with Gasteiger partial charge in [-0.15, -0.1) is 0 Å². The molecule has 2 heterocycles. The molecular formula is C21H30N2O2. The van der Waals surface area contributed by atoms with E-state index in [9.17, 15) is 4.79 Å². The highest BCUT2D eigenvalue weighted by Crippen LogP contribution is 2.13. The smallest absolute Gasteiger partial charge is 0.254 e. The molecule has 2 aromatic rings. The monoisotopic (exact) mass is 342 g/mol. The average Bonchev–Trinajstić information content (AvgIpc) is 3.12. The largest absolute Gasteiger partial charge is 0.472 e. The normalized spacial score (nSPS) is 17.9. The number of hydrogen-bond acceptors (Lipinski definition) is 3. The van der Waals surface area contributed by atoms with Crippen molar-refractivity contribution in [3.05, 3.63) is 60.1 Å². The number of carbonyl (C=O) groups is 1. The Morgan fingerprint density at radius 1 is 1.16 bits per heavy atom. The van der Waals surface area contributed by atoms with E-state index in [2.05, 4.69) is 40.5 Å². The van der Waals surface area contributed by atoms with Gasteiger partial charge in [0.05, 0.1) is 11.8 Å². The van der Waals surface area contributed by atoms with Gasteiger partial charge in [-0.3, -0.25) is 4.79 Å². The lowest BCUT2D eigenvalue weighted by atomic mass is 10.1. The number of amides is 1. The molecule has 0 bridgehead atoms. The number of hydrogen-bond donors (Lipinski definition) is 1. The molecular weight excluding hydrogens is 312 g/mol. The molecule has 1 saturated heterocycles. The first kappa shape index (κ1) is 19.3. The Bertz CT molecular complexity index is 596. The zero-order valence-electron chi connectivity index (χ0n) is 15.4. The predicted molar refractivity (Wildman–Crippen MR) is 102 cm³/mol. The second-order valence-electron chi connectivity index (χ2n) is 6.19. The van der Waals surface area contributed by atoms with Crippen LogP contribution in [-0.2, 0) is 6.42 Å². The third kappa shape index (κ3) is 6.39. The van der Waals surface area contributed by atoms with E-state index in [4.69, 9.17) is 4.42 Å². The molecule has 1 N–H and O–H groups in total. The van der Waals surface area contributed by atoms with Crippen LogP contribution >= 0.6 is 0 Å². The Labute approximate surface area is 151 Å². The molecule has 1 unspecified atom stereocenters. The van der Waals surface area contributed by atoms with E-state index in [1.807, 2.05) is 13.8 Å². The van der Waals surface area contributed by atoms with Gasteiger partial charge in [0.25, 0.3) is 5.91 Å². The topological polar surface area (TPSA) is 45.5 Å². The number of likely N-dealkylation sites (tertiary alicyclic amines) is 1. The summed E-state index contributed by atoms with van der Waals surface area (Å²) >= 11 is 0. The van der Waals surface area contributed by atoms with Crippen molar-refractivity contribution in [2.75, 3.05) is 19.6 Å². The highest BCUT2D eigenvalue weighted by molar-refractivity contribution is 5.93. The van der Waals surface area contributed by atoms with Gasteiger partial charge in [0.15, 0.2) is 0 Å². The summed E-state index contributed by atoms with van der Waals surface area (Å²) in [6.45, 7) is 7.25. The lowest BCUT2D eigenvalue weighted by Crippen LogP contribution is -2.35. The SMILES string of the molecule is CC.O=C(NC1CCCN(CCc2ccccc2)CC1)c1ccoc1. The Morgan fingerprint density at radius 3 is 2.68 bits per heavy atom. The Balaban J connectivity index is 0.00000109. The lowest BCUT2D eigenvalue weighted by molar-refractivity contribution is 0.0932. The summed E-state index contributed by atoms with van der Waals surface area (Å²) < 4.78 is 4.97. The zero-order chi connectivity index (χ0) is 17.9. The minimum absolute atomic E-state index is 0.0264. The summed E-state index contributed by atoms with van der Waals surface area (Å²) in [7, 11) is 0. The van der Waals surface area contributed by atoms with Gasteiger partial charge >= 0.3 is 0 Å². The van der Waals surface area contributed by atoms with Crippen LogP contribution in [0.1, 0.15) is 49.0 Å². The van der Waals surface area contributed by atoms with E-state index >= 15 is 0 Å². The van der Waals surface area contributed by atoms with E-state index in [0.717, 1.165) is 45.3 Å². The fraction of sp³-hybridized carbons (Fsp3) is 0.476. The van der Waals surface area contributed by atoms with Gasteiger partial charge in [-0.1, -0.05) is 44.2 Å². The van der Waals surface area contributed by atoms with Crippen LogP contribution in [0, 0.1) is 0 Å². The molecule has 25 heavy (non-hydrogen) atoms. The minimum atomic E-state index is -0.0264. The van der Waals surface area contributed by atoms with Gasteiger partial charge in [-0.05, 0) is 43.9 Å². The highest BCUT2D eigenvalue weighted by Gasteiger charge is 2.19. The van der Waals surface area contributed by atoms with E-state index in [1.54, 1.807) is 6.07 Å². The van der Waals surface area contributed by atoms with Crippen LogP contribution in [0.4, 0.5) is 0 Å². The molecule has 4 nitrogen and oxygen atoms in total. The first-order chi connectivity index (χ1) is 12.3. The molecule has 136 valence electrons. The van der Waals surface area contributed by atoms with E-state index in [1.165, 1.54) is 18.1 Å². The van der Waals surface area contributed by atoms with Crippen LogP contribution in [0.15, 0.2) is 53.3 Å². The number of nitrogens with one attached hydrogen (secondary N) is 1. The number of nitrogens with zero attached hydrogens (tertiary/aromatic N) is 1. The Kier molecular flexibility index (Phi) is 8.26. The van der Waals surface area contributed by atoms with Crippen molar-refractivity contribution in [3.63, 3.8) is 0 Å². The molecule has 0 radical (unpaired) electrons. The van der Waals surface area contributed by atoms with Crippen molar-refractivity contribution in [3.8, 4) is 0 Å². The highest BCUT2D eigenvalue weighted by atomic mass is 16.3. The van der Waals surface area contributed by atoms with Crippen LogP contribution in [0.2, 0.25) is 0 Å². The number of benzene rings is 1. The second kappa shape index (κ2) is 10.7. The average molecular weight is 342 g/mol. The maximum absolute atomic E-state index is 12.1. The summed E-state index contributed by atoms with van der Waals surface area (Å²) in [4.78, 5) is 14.6. The predicted octanol–water partition coefficient (Wildman–Crippen LogP) is 4.13. The van der Waals surface area contributed by atoms with Gasteiger partial charge in [-0.2, -0.15) is 0 Å². The molecule has 1 aromatic heterocycles. The summed E-state index contributed by atoms with van der Waals surface area (Å²) in [6, 6.07) is 12.6. The van der Waals surface area contributed by atoms with Crippen LogP contribution in [0.5, 0.6) is 0 Å². The molecule has 1 aliphatic heterocycles. The third-order valence-corrected chi connectivity index (χ3v) is 4.50. The lowest BCUT2D eigenvalue weighted by Gasteiger charge is -2.20. The molecule has 1 amide bonds. The minimum Gasteiger partial charge on any atom is -0.472 e. The van der Waals surface area contributed by atoms with Crippen LogP contribution in [0.25, 0.3) is 0 Å². The molecule has 1 atom stereocenters. The standard InChI is InChI=1S/C19H24N2O2.C2H6/c22-19(17-10-14-23-15-17)20-18-7-4-11-21(13-9-18)12-8-16-5-2-1-3-6-16;1-2/h1-3,5-6,10,14-15,18H,4,7-9,11-13H2,(H,20,22);1-2H3. The zero-order valence-corrected chi connectivity index (χ0v) is 15.4. The van der Waals surface area contributed by atoms with Gasteiger partial charge in [0, 0.05) is 19.1 Å². The molecule has 0 aliphatic carbocycles. The third-order valence-electron chi connectivity index (χ3n) is 4.50. The van der Waals surface area contributed by atoms with Gasteiger partial charge in [0.1, 0.15) is 6.26 Å². The fourth-order valence-corrected chi connectivity index (χ4v) is 3.12. The summed E-state index contributed by atoms with van der Waals surface area (Å²) in [6.07, 6.45) is 7.31. The van der Waals surface area contributed by atoms with E-state index in [0.29, 0.717) is 5.56 Å². The molecule has 0 saturated carbocycles. The first-order valence-electron chi connectivity index (χ1n) is 9.40. The summed E-state index contributed by atoms with van der Waals surface area (Å²) in [5.74, 6) is -0.0264. The number of carbonyl (C=O) groups excluding carboxylic acids is 1. The van der Waals surface area contributed by atoms with Crippen molar-refractivity contribution in [1.82, 2.24) is 10.2 Å². The molecule has 3 rings (SSSR count). The molecule has 1 aliphatic rings. The maximum Gasteiger partial charge on any atom is 0.254 e. The van der Waals surface area contributed by atoms with Crippen LogP contribution in [0.3, 0.4) is 0 Å². The Hall–Kier alpha value is -2.07. The van der Waals surface area contributed by atoms with Crippen molar-refractivity contribution in [1.29, 1.82) is 0 Å². The maximum atomic E-state index is 12.1. The quantitative estimate of drug-likeness (QED) is 0.888. The number of furan rings is 1. The van der Waals surface area contributed by atoms with Crippen LogP contribution < -0.4 is 5.32 Å². The van der Waals surface area contributed by atoms with Gasteiger partial charge < -0.3 is 14.6 Å². The summed E-state index contributed by atoms with van der Waals surface area (Å²) in [5.41, 5.74) is 2.00. The molecule has 1 aromatic carbocycles. The van der Waals surface area contributed by atoms with Gasteiger partial charge in [0.2, 0.25) is 0 Å². The second-order valence-corrected chi connectivity index (χ2v) is 6.19. The molecule has 0 spiro atoms. The van der Waals surface area contributed by atoms with Crippen molar-refractivity contribution in [2.24, 2.45) is 0 Å². The van der Waals surface area contributed by atoms with Crippen molar-refractivity contribution >= 4 is 5.91 Å². The number of rotatable bonds is 5. The molecule has 1 fully saturated rings. The molecule has 4 heteroatoms. The van der Waals surface area contributed by atoms with Gasteiger partial charge in [-0.25, -0.2) is 0 Å². The first-order valence-corrected chi connectivity index (χ1v) is 9.40. The van der Waals surface area contributed by atoms with Crippen LogP contribution in [-0.4, -0.2) is 36.5 Å².